The lowest BCUT2D eigenvalue weighted by molar-refractivity contribution is 0.00701. The molecule has 1 fully saturated rings. The molecule has 1 aromatic carbocycles. The van der Waals surface area contributed by atoms with Gasteiger partial charge in [0.15, 0.2) is 5.96 Å². The fraction of sp³-hybridized carbons (Fsp3) is 0.600. The molecular formula is C20H32N4O3. The summed E-state index contributed by atoms with van der Waals surface area (Å²) in [7, 11) is 3.43. The van der Waals surface area contributed by atoms with Gasteiger partial charge < -0.3 is 25.0 Å². The molecule has 0 saturated carbocycles. The van der Waals surface area contributed by atoms with Crippen molar-refractivity contribution in [2.45, 2.75) is 45.3 Å². The lowest BCUT2D eigenvalue weighted by atomic mass is 10.0. The summed E-state index contributed by atoms with van der Waals surface area (Å²) in [4.78, 5) is 18.0. The number of para-hydroxylation sites is 1. The molecule has 7 heteroatoms. The summed E-state index contributed by atoms with van der Waals surface area (Å²) < 4.78 is 10.8. The summed E-state index contributed by atoms with van der Waals surface area (Å²) in [5.74, 6) is 1.88. The highest BCUT2D eigenvalue weighted by molar-refractivity contribution is 5.80. The number of likely N-dealkylation sites (tertiary alicyclic amines) is 1. The van der Waals surface area contributed by atoms with E-state index in [1.807, 2.05) is 39.0 Å². The molecular weight excluding hydrogens is 344 g/mol. The smallest absolute Gasteiger partial charge is 0.410 e. The van der Waals surface area contributed by atoms with Crippen molar-refractivity contribution in [2.75, 3.05) is 33.8 Å². The van der Waals surface area contributed by atoms with Gasteiger partial charge in [-0.2, -0.15) is 0 Å². The number of carbonyl (C=O) groups is 1. The molecule has 0 aliphatic carbocycles. The maximum absolute atomic E-state index is 12.0. The van der Waals surface area contributed by atoms with Gasteiger partial charge in [0.1, 0.15) is 11.4 Å². The van der Waals surface area contributed by atoms with Gasteiger partial charge in [-0.15, -0.1) is 0 Å². The molecule has 1 aliphatic rings. The molecule has 150 valence electrons. The van der Waals surface area contributed by atoms with Crippen molar-refractivity contribution in [3.8, 4) is 5.75 Å². The highest BCUT2D eigenvalue weighted by atomic mass is 16.6. The van der Waals surface area contributed by atoms with Gasteiger partial charge in [0.05, 0.1) is 13.2 Å². The first-order valence-corrected chi connectivity index (χ1v) is 9.31. The summed E-state index contributed by atoms with van der Waals surface area (Å²) in [5.41, 5.74) is 0.685. The van der Waals surface area contributed by atoms with Crippen LogP contribution < -0.4 is 15.4 Å². The molecule has 0 aromatic heterocycles. The monoisotopic (exact) mass is 376 g/mol. The maximum atomic E-state index is 12.0. The largest absolute Gasteiger partial charge is 0.496 e. The standard InChI is InChI=1S/C20H32N4O3/c1-14(16-9-7-8-10-17(16)26-6)11-22-18(21-5)23-15-12-24(13-15)19(25)27-20(2,3)4/h7-10,14-15H,11-13H2,1-6H3,(H2,21,22,23). The van der Waals surface area contributed by atoms with Crippen molar-refractivity contribution >= 4 is 12.1 Å². The maximum Gasteiger partial charge on any atom is 0.410 e. The molecule has 1 aromatic rings. The van der Waals surface area contributed by atoms with E-state index in [0.29, 0.717) is 13.1 Å². The average molecular weight is 377 g/mol. The van der Waals surface area contributed by atoms with Crippen LogP contribution in [0.4, 0.5) is 4.79 Å². The van der Waals surface area contributed by atoms with E-state index >= 15 is 0 Å². The number of hydrogen-bond donors (Lipinski definition) is 2. The SMILES string of the molecule is CN=C(NCC(C)c1ccccc1OC)NC1CN(C(=O)OC(C)(C)C)C1. The molecule has 27 heavy (non-hydrogen) atoms. The Morgan fingerprint density at radius 3 is 2.59 bits per heavy atom. The van der Waals surface area contributed by atoms with Gasteiger partial charge >= 0.3 is 6.09 Å². The first kappa shape index (κ1) is 20.9. The van der Waals surface area contributed by atoms with Gasteiger partial charge in [0.2, 0.25) is 0 Å². The normalized spacial score (nSPS) is 16.4. The third kappa shape index (κ3) is 6.05. The number of benzene rings is 1. The summed E-state index contributed by atoms with van der Waals surface area (Å²) in [5, 5.41) is 6.69. The average Bonchev–Trinajstić information content (AvgIpc) is 2.58. The molecule has 0 spiro atoms. The Kier molecular flexibility index (Phi) is 6.93. The minimum absolute atomic E-state index is 0.172. The van der Waals surface area contributed by atoms with Crippen LogP contribution in [0, 0.1) is 0 Å². The summed E-state index contributed by atoms with van der Waals surface area (Å²) in [6.45, 7) is 9.70. The third-order valence-corrected chi connectivity index (χ3v) is 4.34. The van der Waals surface area contributed by atoms with Crippen molar-refractivity contribution in [1.82, 2.24) is 15.5 Å². The topological polar surface area (TPSA) is 75.2 Å². The van der Waals surface area contributed by atoms with Crippen LogP contribution in [0.2, 0.25) is 0 Å². The van der Waals surface area contributed by atoms with E-state index in [-0.39, 0.29) is 18.1 Å². The Morgan fingerprint density at radius 1 is 1.33 bits per heavy atom. The number of amides is 1. The van der Waals surface area contributed by atoms with E-state index in [4.69, 9.17) is 9.47 Å². The lowest BCUT2D eigenvalue weighted by Crippen LogP contribution is -2.63. The number of ether oxygens (including phenoxy) is 2. The second-order valence-corrected chi connectivity index (χ2v) is 7.82. The third-order valence-electron chi connectivity index (χ3n) is 4.34. The van der Waals surface area contributed by atoms with E-state index in [9.17, 15) is 4.79 Å². The molecule has 1 amide bonds. The summed E-state index contributed by atoms with van der Waals surface area (Å²) >= 11 is 0. The molecule has 0 radical (unpaired) electrons. The molecule has 1 saturated heterocycles. The fourth-order valence-corrected chi connectivity index (χ4v) is 2.87. The number of rotatable bonds is 5. The van der Waals surface area contributed by atoms with Crippen LogP contribution in [0.3, 0.4) is 0 Å². The van der Waals surface area contributed by atoms with Crippen LogP contribution in [-0.4, -0.2) is 62.4 Å². The molecule has 1 heterocycles. The zero-order chi connectivity index (χ0) is 20.0. The van der Waals surface area contributed by atoms with E-state index in [1.54, 1.807) is 19.1 Å². The Bertz CT molecular complexity index is 663. The number of guanidine groups is 1. The summed E-state index contributed by atoms with van der Waals surface area (Å²) in [6, 6.07) is 8.20. The van der Waals surface area contributed by atoms with Crippen molar-refractivity contribution in [3.05, 3.63) is 29.8 Å². The van der Waals surface area contributed by atoms with Crippen LogP contribution in [0.15, 0.2) is 29.3 Å². The quantitative estimate of drug-likeness (QED) is 0.610. The van der Waals surface area contributed by atoms with Crippen molar-refractivity contribution < 1.29 is 14.3 Å². The van der Waals surface area contributed by atoms with Crippen LogP contribution >= 0.6 is 0 Å². The Morgan fingerprint density at radius 2 is 2.00 bits per heavy atom. The van der Waals surface area contributed by atoms with Crippen molar-refractivity contribution in [1.29, 1.82) is 0 Å². The number of nitrogens with one attached hydrogen (secondary N) is 2. The number of carbonyl (C=O) groups excluding carboxylic acids is 1. The number of aliphatic imine (C=N–C) groups is 1. The van der Waals surface area contributed by atoms with Crippen molar-refractivity contribution in [3.63, 3.8) is 0 Å². The highest BCUT2D eigenvalue weighted by Gasteiger charge is 2.34. The molecule has 7 nitrogen and oxygen atoms in total. The molecule has 1 aliphatic heterocycles. The Balaban J connectivity index is 1.78. The lowest BCUT2D eigenvalue weighted by Gasteiger charge is -2.40. The Hall–Kier alpha value is -2.44. The van der Waals surface area contributed by atoms with E-state index in [1.165, 1.54) is 0 Å². The zero-order valence-electron chi connectivity index (χ0n) is 17.2. The van der Waals surface area contributed by atoms with Crippen LogP contribution in [0.25, 0.3) is 0 Å². The predicted molar refractivity (Wildman–Crippen MR) is 108 cm³/mol. The highest BCUT2D eigenvalue weighted by Crippen LogP contribution is 2.25. The van der Waals surface area contributed by atoms with Crippen LogP contribution in [0.1, 0.15) is 39.2 Å². The second kappa shape index (κ2) is 8.97. The predicted octanol–water partition coefficient (Wildman–Crippen LogP) is 2.58. The number of nitrogens with zero attached hydrogens (tertiary/aromatic N) is 2. The van der Waals surface area contributed by atoms with Gasteiger partial charge in [-0.1, -0.05) is 25.1 Å². The number of hydrogen-bond acceptors (Lipinski definition) is 4. The summed E-state index contributed by atoms with van der Waals surface area (Å²) in [6.07, 6.45) is -0.270. The first-order valence-electron chi connectivity index (χ1n) is 9.31. The minimum atomic E-state index is -0.470. The van der Waals surface area contributed by atoms with Gasteiger partial charge in [0.25, 0.3) is 0 Å². The van der Waals surface area contributed by atoms with Crippen LogP contribution in [0.5, 0.6) is 5.75 Å². The Labute approximate surface area is 162 Å². The van der Waals surface area contributed by atoms with Gasteiger partial charge in [0, 0.05) is 32.6 Å². The van der Waals surface area contributed by atoms with Crippen molar-refractivity contribution in [2.24, 2.45) is 4.99 Å². The van der Waals surface area contributed by atoms with Gasteiger partial charge in [-0.25, -0.2) is 4.79 Å². The van der Waals surface area contributed by atoms with E-state index < -0.39 is 5.60 Å². The minimum Gasteiger partial charge on any atom is -0.496 e. The van der Waals surface area contributed by atoms with Gasteiger partial charge in [-0.3, -0.25) is 4.99 Å². The molecule has 2 rings (SSSR count). The molecule has 1 atom stereocenters. The zero-order valence-corrected chi connectivity index (χ0v) is 17.2. The molecule has 0 bridgehead atoms. The fourth-order valence-electron chi connectivity index (χ4n) is 2.87. The molecule has 1 unspecified atom stereocenters. The number of methoxy groups -OCH3 is 1. The van der Waals surface area contributed by atoms with E-state index in [0.717, 1.165) is 23.8 Å². The first-order chi connectivity index (χ1) is 12.7. The van der Waals surface area contributed by atoms with E-state index in [2.05, 4.69) is 28.6 Å². The van der Waals surface area contributed by atoms with Crippen LogP contribution in [-0.2, 0) is 4.74 Å². The second-order valence-electron chi connectivity index (χ2n) is 7.82. The van der Waals surface area contributed by atoms with Gasteiger partial charge in [-0.05, 0) is 32.4 Å². The molecule has 2 N–H and O–H groups in total.